The van der Waals surface area contributed by atoms with Gasteiger partial charge < -0.3 is 10.4 Å². The fourth-order valence-electron chi connectivity index (χ4n) is 1.08. The molecule has 1 rings (SSSR count). The van der Waals surface area contributed by atoms with Crippen molar-refractivity contribution in [1.29, 1.82) is 0 Å². The van der Waals surface area contributed by atoms with Gasteiger partial charge in [0, 0.05) is 0 Å². The smallest absolute Gasteiger partial charge is 0.256 e. The van der Waals surface area contributed by atoms with Gasteiger partial charge in [0.2, 0.25) is 0 Å². The molecule has 0 saturated carbocycles. The molecule has 0 aromatic heterocycles. The maximum absolute atomic E-state index is 12.9. The van der Waals surface area contributed by atoms with E-state index >= 15 is 0 Å². The van der Waals surface area contributed by atoms with E-state index < -0.39 is 17.3 Å². The number of hydrogen-bond donors (Lipinski definition) is 2. The first-order valence-corrected chi connectivity index (χ1v) is 4.64. The second kappa shape index (κ2) is 4.23. The van der Waals surface area contributed by atoms with Gasteiger partial charge in [-0.1, -0.05) is 5.92 Å². The summed E-state index contributed by atoms with van der Waals surface area (Å²) in [7, 11) is 0. The van der Waals surface area contributed by atoms with Crippen LogP contribution in [0.2, 0.25) is 0 Å². The number of nitrogens with one attached hydrogen (secondary N) is 1. The quantitative estimate of drug-likeness (QED) is 0.746. The molecule has 0 unspecified atom stereocenters. The molecule has 0 fully saturated rings. The SMILES string of the molecule is C#CC(C)(C)NC(=O)c1cc(F)ccc1O. The van der Waals surface area contributed by atoms with Crippen LogP contribution in [0.5, 0.6) is 5.75 Å². The van der Waals surface area contributed by atoms with Gasteiger partial charge in [-0.3, -0.25) is 4.79 Å². The van der Waals surface area contributed by atoms with Gasteiger partial charge in [-0.2, -0.15) is 0 Å². The Bertz CT molecular complexity index is 461. The second-order valence-electron chi connectivity index (χ2n) is 3.88. The predicted octanol–water partition coefficient (Wildman–Crippen LogP) is 1.67. The summed E-state index contributed by atoms with van der Waals surface area (Å²) in [6.07, 6.45) is 5.20. The van der Waals surface area contributed by atoms with E-state index in [4.69, 9.17) is 6.42 Å². The number of benzene rings is 1. The molecule has 0 radical (unpaired) electrons. The Morgan fingerprint density at radius 3 is 2.75 bits per heavy atom. The van der Waals surface area contributed by atoms with Gasteiger partial charge >= 0.3 is 0 Å². The number of phenols is 1. The Hall–Kier alpha value is -2.02. The number of amides is 1. The molecular weight excluding hydrogens is 209 g/mol. The van der Waals surface area contributed by atoms with Gasteiger partial charge in [0.15, 0.2) is 0 Å². The number of aromatic hydroxyl groups is 1. The summed E-state index contributed by atoms with van der Waals surface area (Å²) in [5.74, 6) is 0.876. The first kappa shape index (κ1) is 12.1. The van der Waals surface area contributed by atoms with Crippen LogP contribution in [-0.2, 0) is 0 Å². The Balaban J connectivity index is 2.98. The lowest BCUT2D eigenvalue weighted by Gasteiger charge is -2.19. The van der Waals surface area contributed by atoms with Crippen LogP contribution in [0.15, 0.2) is 18.2 Å². The normalized spacial score (nSPS) is 10.6. The van der Waals surface area contributed by atoms with Gasteiger partial charge in [-0.05, 0) is 32.0 Å². The van der Waals surface area contributed by atoms with Crippen molar-refractivity contribution in [2.75, 3.05) is 0 Å². The van der Waals surface area contributed by atoms with Crippen molar-refractivity contribution in [3.05, 3.63) is 29.6 Å². The van der Waals surface area contributed by atoms with E-state index in [2.05, 4.69) is 11.2 Å². The van der Waals surface area contributed by atoms with Crippen LogP contribution in [0, 0.1) is 18.2 Å². The van der Waals surface area contributed by atoms with Crippen molar-refractivity contribution in [2.24, 2.45) is 0 Å². The lowest BCUT2D eigenvalue weighted by Crippen LogP contribution is -2.42. The largest absolute Gasteiger partial charge is 0.507 e. The van der Waals surface area contributed by atoms with Gasteiger partial charge in [0.25, 0.3) is 5.91 Å². The lowest BCUT2D eigenvalue weighted by molar-refractivity contribution is 0.0926. The standard InChI is InChI=1S/C12H12FNO2/c1-4-12(2,3)14-11(16)9-7-8(13)5-6-10(9)15/h1,5-7,15H,2-3H3,(H,14,16). The molecule has 0 aliphatic heterocycles. The van der Waals surface area contributed by atoms with E-state index in [1.807, 2.05) is 0 Å². The molecule has 16 heavy (non-hydrogen) atoms. The Morgan fingerprint density at radius 1 is 1.56 bits per heavy atom. The van der Waals surface area contributed by atoms with E-state index in [1.54, 1.807) is 13.8 Å². The maximum atomic E-state index is 12.9. The van der Waals surface area contributed by atoms with Crippen LogP contribution >= 0.6 is 0 Å². The van der Waals surface area contributed by atoms with E-state index in [0.717, 1.165) is 18.2 Å². The average Bonchev–Trinajstić information content (AvgIpc) is 2.21. The van der Waals surface area contributed by atoms with Crippen molar-refractivity contribution in [1.82, 2.24) is 5.32 Å². The molecule has 0 aliphatic rings. The summed E-state index contributed by atoms with van der Waals surface area (Å²) < 4.78 is 12.9. The highest BCUT2D eigenvalue weighted by Crippen LogP contribution is 2.18. The Kier molecular flexibility index (Phi) is 3.19. The fraction of sp³-hybridized carbons (Fsp3) is 0.250. The van der Waals surface area contributed by atoms with E-state index in [0.29, 0.717) is 0 Å². The van der Waals surface area contributed by atoms with Crippen LogP contribution in [0.25, 0.3) is 0 Å². The third kappa shape index (κ3) is 2.74. The minimum atomic E-state index is -0.851. The summed E-state index contributed by atoms with van der Waals surface area (Å²) in [4.78, 5) is 11.7. The van der Waals surface area contributed by atoms with Crippen molar-refractivity contribution >= 4 is 5.91 Å². The fourth-order valence-corrected chi connectivity index (χ4v) is 1.08. The predicted molar refractivity (Wildman–Crippen MR) is 58.4 cm³/mol. The first-order valence-electron chi connectivity index (χ1n) is 4.64. The van der Waals surface area contributed by atoms with Gasteiger partial charge in [0.1, 0.15) is 11.6 Å². The molecule has 3 nitrogen and oxygen atoms in total. The minimum Gasteiger partial charge on any atom is -0.507 e. The zero-order chi connectivity index (χ0) is 12.3. The third-order valence-electron chi connectivity index (χ3n) is 1.99. The second-order valence-corrected chi connectivity index (χ2v) is 3.88. The summed E-state index contributed by atoms with van der Waals surface area (Å²) >= 11 is 0. The average molecular weight is 221 g/mol. The van der Waals surface area contributed by atoms with E-state index in [9.17, 15) is 14.3 Å². The molecule has 0 aliphatic carbocycles. The van der Waals surface area contributed by atoms with Gasteiger partial charge in [0.05, 0.1) is 11.1 Å². The van der Waals surface area contributed by atoms with Crippen molar-refractivity contribution in [3.8, 4) is 18.1 Å². The lowest BCUT2D eigenvalue weighted by atomic mass is 10.1. The molecule has 4 heteroatoms. The summed E-state index contributed by atoms with van der Waals surface area (Å²) in [5.41, 5.74) is -0.987. The molecule has 1 amide bonds. The Morgan fingerprint density at radius 2 is 2.19 bits per heavy atom. The van der Waals surface area contributed by atoms with Crippen LogP contribution < -0.4 is 5.32 Å². The van der Waals surface area contributed by atoms with E-state index in [1.165, 1.54) is 0 Å². The third-order valence-corrected chi connectivity index (χ3v) is 1.99. The molecule has 1 aromatic rings. The van der Waals surface area contributed by atoms with E-state index in [-0.39, 0.29) is 11.3 Å². The molecule has 0 atom stereocenters. The number of hydrogen-bond acceptors (Lipinski definition) is 2. The first-order chi connectivity index (χ1) is 7.35. The molecule has 2 N–H and O–H groups in total. The van der Waals surface area contributed by atoms with Crippen molar-refractivity contribution in [3.63, 3.8) is 0 Å². The molecule has 0 bridgehead atoms. The van der Waals surface area contributed by atoms with Crippen LogP contribution in [0.1, 0.15) is 24.2 Å². The number of carbonyl (C=O) groups excluding carboxylic acids is 1. The minimum absolute atomic E-state index is 0.136. The highest BCUT2D eigenvalue weighted by atomic mass is 19.1. The molecule has 1 aromatic carbocycles. The highest BCUT2D eigenvalue weighted by Gasteiger charge is 2.20. The number of carbonyl (C=O) groups is 1. The number of terminal acetylenes is 1. The van der Waals surface area contributed by atoms with Crippen LogP contribution in [0.3, 0.4) is 0 Å². The Labute approximate surface area is 93.3 Å². The van der Waals surface area contributed by atoms with Crippen molar-refractivity contribution in [2.45, 2.75) is 19.4 Å². The molecule has 84 valence electrons. The monoisotopic (exact) mass is 221 g/mol. The van der Waals surface area contributed by atoms with Crippen LogP contribution in [0.4, 0.5) is 4.39 Å². The zero-order valence-electron chi connectivity index (χ0n) is 9.04. The summed E-state index contributed by atoms with van der Waals surface area (Å²) in [6.45, 7) is 3.25. The molecule has 0 saturated heterocycles. The molecular formula is C12H12FNO2. The van der Waals surface area contributed by atoms with Crippen molar-refractivity contribution < 1.29 is 14.3 Å². The highest BCUT2D eigenvalue weighted by molar-refractivity contribution is 5.97. The van der Waals surface area contributed by atoms with Crippen LogP contribution in [-0.4, -0.2) is 16.6 Å². The number of rotatable bonds is 2. The zero-order valence-corrected chi connectivity index (χ0v) is 9.04. The molecule has 0 spiro atoms. The maximum Gasteiger partial charge on any atom is 0.256 e. The van der Waals surface area contributed by atoms with Gasteiger partial charge in [-0.15, -0.1) is 6.42 Å². The van der Waals surface area contributed by atoms with Gasteiger partial charge in [-0.25, -0.2) is 4.39 Å². The topological polar surface area (TPSA) is 49.3 Å². The number of phenolic OH excluding ortho intramolecular Hbond substituents is 1. The summed E-state index contributed by atoms with van der Waals surface area (Å²) in [5, 5.41) is 11.9. The number of halogens is 1. The molecule has 0 heterocycles. The summed E-state index contributed by atoms with van der Waals surface area (Å²) in [6, 6.07) is 3.14.